The topological polar surface area (TPSA) is 104 Å². The number of piperidine rings is 1. The summed E-state index contributed by atoms with van der Waals surface area (Å²) in [6.45, 7) is 7.09. The number of ether oxygens (including phenoxy) is 1. The van der Waals surface area contributed by atoms with Gasteiger partial charge in [-0.25, -0.2) is 18.0 Å². The van der Waals surface area contributed by atoms with E-state index in [9.17, 15) is 23.1 Å². The van der Waals surface area contributed by atoms with Crippen LogP contribution in [0, 0.1) is 11.8 Å². The lowest BCUT2D eigenvalue weighted by molar-refractivity contribution is 0.0601. The molecule has 1 aromatic carbocycles. The molecule has 9 heteroatoms. The van der Waals surface area contributed by atoms with Crippen LogP contribution in [0.5, 0.6) is 0 Å². The molecule has 2 atom stereocenters. The summed E-state index contributed by atoms with van der Waals surface area (Å²) in [5, 5.41) is 9.80. The van der Waals surface area contributed by atoms with Crippen LogP contribution in [-0.4, -0.2) is 62.1 Å². The second-order valence-electron chi connectivity index (χ2n) is 9.04. The van der Waals surface area contributed by atoms with E-state index in [1.807, 2.05) is 13.8 Å². The minimum Gasteiger partial charge on any atom is -0.465 e. The Hall–Kier alpha value is -2.29. The number of likely N-dealkylation sites (tertiary alicyclic amines) is 1. The van der Waals surface area contributed by atoms with Gasteiger partial charge in [-0.05, 0) is 75.1 Å². The molecule has 0 aromatic heterocycles. The first-order valence-corrected chi connectivity index (χ1v) is 12.7. The molecule has 0 saturated carbocycles. The number of benzene rings is 1. The molecule has 0 spiro atoms. The van der Waals surface area contributed by atoms with E-state index in [0.29, 0.717) is 37.5 Å². The molecular formula is C22H32N2O6S. The van der Waals surface area contributed by atoms with Crippen molar-refractivity contribution in [3.63, 3.8) is 0 Å². The third kappa shape index (κ3) is 5.31. The smallest absolute Gasteiger partial charge is 0.412 e. The van der Waals surface area contributed by atoms with Gasteiger partial charge in [0.2, 0.25) is 0 Å². The average Bonchev–Trinajstić information content (AvgIpc) is 3.04. The average molecular weight is 453 g/mol. The first kappa shape index (κ1) is 23.4. The minimum absolute atomic E-state index is 0.140. The maximum atomic E-state index is 12.1. The van der Waals surface area contributed by atoms with Crippen molar-refractivity contribution in [2.75, 3.05) is 24.2 Å². The van der Waals surface area contributed by atoms with Gasteiger partial charge in [0.1, 0.15) is 0 Å². The van der Waals surface area contributed by atoms with Crippen LogP contribution in [0.3, 0.4) is 0 Å². The van der Waals surface area contributed by atoms with E-state index >= 15 is 0 Å². The molecule has 2 aliphatic rings. The van der Waals surface area contributed by atoms with Gasteiger partial charge in [0.15, 0.2) is 9.84 Å². The highest BCUT2D eigenvalue weighted by atomic mass is 32.2. The fourth-order valence-electron chi connectivity index (χ4n) is 4.73. The molecule has 1 N–H and O–H groups in total. The van der Waals surface area contributed by atoms with Crippen molar-refractivity contribution in [1.29, 1.82) is 0 Å². The largest absolute Gasteiger partial charge is 0.465 e. The third-order valence-electron chi connectivity index (χ3n) is 6.35. The Kier molecular flexibility index (Phi) is 6.83. The van der Waals surface area contributed by atoms with Crippen molar-refractivity contribution < 1.29 is 27.9 Å². The van der Waals surface area contributed by atoms with E-state index < -0.39 is 15.9 Å². The van der Waals surface area contributed by atoms with E-state index in [0.717, 1.165) is 24.7 Å². The lowest BCUT2D eigenvalue weighted by Crippen LogP contribution is -2.42. The number of rotatable bonds is 5. The van der Waals surface area contributed by atoms with Crippen molar-refractivity contribution in [2.45, 2.75) is 63.5 Å². The minimum atomic E-state index is -3.35. The van der Waals surface area contributed by atoms with Crippen LogP contribution in [-0.2, 0) is 21.0 Å². The van der Waals surface area contributed by atoms with Crippen molar-refractivity contribution in [3.8, 4) is 0 Å². The summed E-state index contributed by atoms with van der Waals surface area (Å²) >= 11 is 0. The molecule has 31 heavy (non-hydrogen) atoms. The first-order valence-electron chi connectivity index (χ1n) is 10.8. The van der Waals surface area contributed by atoms with Gasteiger partial charge in [0.05, 0.1) is 16.7 Å². The van der Waals surface area contributed by atoms with Gasteiger partial charge in [-0.2, -0.15) is 0 Å². The fourth-order valence-corrected chi connectivity index (χ4v) is 5.40. The fraction of sp³-hybridized carbons (Fsp3) is 0.636. The van der Waals surface area contributed by atoms with Crippen molar-refractivity contribution in [2.24, 2.45) is 11.8 Å². The van der Waals surface area contributed by atoms with Crippen LogP contribution in [0.1, 0.15) is 45.6 Å². The van der Waals surface area contributed by atoms with Crippen LogP contribution >= 0.6 is 0 Å². The molecule has 0 aliphatic carbocycles. The summed E-state index contributed by atoms with van der Waals surface area (Å²) in [5.41, 5.74) is 1.33. The molecule has 2 unspecified atom stereocenters. The maximum absolute atomic E-state index is 12.1. The zero-order valence-corrected chi connectivity index (χ0v) is 19.4. The number of nitrogens with zero attached hydrogens (tertiary/aromatic N) is 2. The summed E-state index contributed by atoms with van der Waals surface area (Å²) in [7, 11) is -3.35. The molecule has 0 bridgehead atoms. The Morgan fingerprint density at radius 1 is 1.19 bits per heavy atom. The number of carbonyl (C=O) groups excluding carboxylic acids is 1. The van der Waals surface area contributed by atoms with E-state index in [4.69, 9.17) is 4.74 Å². The number of sulfone groups is 1. The molecule has 2 aliphatic heterocycles. The molecule has 172 valence electrons. The van der Waals surface area contributed by atoms with Gasteiger partial charge in [0, 0.05) is 25.4 Å². The van der Waals surface area contributed by atoms with E-state index in [1.54, 1.807) is 17.0 Å². The van der Waals surface area contributed by atoms with E-state index in [2.05, 4.69) is 6.92 Å². The number of hydrogen-bond acceptors (Lipinski definition) is 5. The number of carboxylic acid groups (broad SMARTS) is 1. The standard InChI is InChI=1S/C22H32N2O6S/c1-14(2)30-22(27)23-9-7-16(8-10-23)15(3)11-18-12-17-13-19(31(4,28)29)5-6-20(17)24(18)21(25)26/h5-6,13-16,18H,7-12H2,1-4H3,(H,25,26). The summed E-state index contributed by atoms with van der Waals surface area (Å²) in [4.78, 5) is 27.4. The molecule has 3 rings (SSSR count). The SMILES string of the molecule is CC(C)OC(=O)N1CCC(C(C)CC2Cc3cc(S(C)(=O)=O)ccc3N2C(=O)O)CC1. The van der Waals surface area contributed by atoms with Gasteiger partial charge in [-0.1, -0.05) is 6.92 Å². The number of carbonyl (C=O) groups is 2. The highest BCUT2D eigenvalue weighted by Gasteiger charge is 2.37. The third-order valence-corrected chi connectivity index (χ3v) is 7.46. The van der Waals surface area contributed by atoms with E-state index in [1.165, 1.54) is 11.0 Å². The van der Waals surface area contributed by atoms with Gasteiger partial charge in [-0.15, -0.1) is 0 Å². The summed E-state index contributed by atoms with van der Waals surface area (Å²) in [5.74, 6) is 0.674. The van der Waals surface area contributed by atoms with Gasteiger partial charge in [-0.3, -0.25) is 4.90 Å². The highest BCUT2D eigenvalue weighted by Crippen LogP contribution is 2.38. The maximum Gasteiger partial charge on any atom is 0.412 e. The monoisotopic (exact) mass is 452 g/mol. The zero-order valence-electron chi connectivity index (χ0n) is 18.6. The van der Waals surface area contributed by atoms with Crippen LogP contribution in [0.25, 0.3) is 0 Å². The predicted octanol–water partition coefficient (Wildman–Crippen LogP) is 3.78. The summed E-state index contributed by atoms with van der Waals surface area (Å²) in [6, 6.07) is 4.45. The Balaban J connectivity index is 1.65. The van der Waals surface area contributed by atoms with Crippen LogP contribution in [0.4, 0.5) is 15.3 Å². The lowest BCUT2D eigenvalue weighted by atomic mass is 9.81. The van der Waals surface area contributed by atoms with Gasteiger partial charge < -0.3 is 14.7 Å². The van der Waals surface area contributed by atoms with Crippen LogP contribution in [0.15, 0.2) is 23.1 Å². The quantitative estimate of drug-likeness (QED) is 0.729. The highest BCUT2D eigenvalue weighted by molar-refractivity contribution is 7.90. The molecular weight excluding hydrogens is 420 g/mol. The van der Waals surface area contributed by atoms with Gasteiger partial charge >= 0.3 is 12.2 Å². The number of amides is 2. The summed E-state index contributed by atoms with van der Waals surface area (Å²) in [6.07, 6.45) is 2.64. The molecule has 0 radical (unpaired) electrons. The molecule has 8 nitrogen and oxygen atoms in total. The first-order chi connectivity index (χ1) is 14.5. The number of anilines is 1. The zero-order chi connectivity index (χ0) is 22.9. The van der Waals surface area contributed by atoms with Gasteiger partial charge in [0.25, 0.3) is 0 Å². The van der Waals surface area contributed by atoms with Crippen molar-refractivity contribution in [3.05, 3.63) is 23.8 Å². The van der Waals surface area contributed by atoms with Crippen LogP contribution < -0.4 is 4.90 Å². The Morgan fingerprint density at radius 2 is 1.84 bits per heavy atom. The molecule has 1 saturated heterocycles. The van der Waals surface area contributed by atoms with E-state index in [-0.39, 0.29) is 29.1 Å². The number of fused-ring (bicyclic) bond motifs is 1. The summed E-state index contributed by atoms with van der Waals surface area (Å²) < 4.78 is 29.0. The second kappa shape index (κ2) is 9.06. The Labute approximate surface area is 184 Å². The molecule has 2 heterocycles. The Bertz CT molecular complexity index is 937. The number of hydrogen-bond donors (Lipinski definition) is 1. The predicted molar refractivity (Wildman–Crippen MR) is 117 cm³/mol. The van der Waals surface area contributed by atoms with Crippen molar-refractivity contribution in [1.82, 2.24) is 4.90 Å². The molecule has 2 amide bonds. The normalized spacial score (nSPS) is 20.6. The Morgan fingerprint density at radius 3 is 2.39 bits per heavy atom. The van der Waals surface area contributed by atoms with Crippen LogP contribution in [0.2, 0.25) is 0 Å². The van der Waals surface area contributed by atoms with Crippen molar-refractivity contribution >= 4 is 27.7 Å². The lowest BCUT2D eigenvalue weighted by Gasteiger charge is -2.36. The second-order valence-corrected chi connectivity index (χ2v) is 11.1. The molecule has 1 aromatic rings. The molecule has 1 fully saturated rings.